The summed E-state index contributed by atoms with van der Waals surface area (Å²) in [6.07, 6.45) is 5.62. The number of ether oxygens (including phenoxy) is 1. The van der Waals surface area contributed by atoms with Crippen molar-refractivity contribution >= 4 is 34.2 Å². The van der Waals surface area contributed by atoms with Gasteiger partial charge in [0, 0.05) is 23.1 Å². The van der Waals surface area contributed by atoms with Gasteiger partial charge < -0.3 is 19.8 Å². The Kier molecular flexibility index (Phi) is 5.03. The van der Waals surface area contributed by atoms with Crippen LogP contribution in [0.25, 0.3) is 11.1 Å². The molecule has 1 aliphatic rings. The number of nitrogens with zero attached hydrogens (tertiary/aromatic N) is 2. The van der Waals surface area contributed by atoms with Gasteiger partial charge in [0.2, 0.25) is 5.95 Å². The molecule has 0 aliphatic heterocycles. The summed E-state index contributed by atoms with van der Waals surface area (Å²) in [5.41, 5.74) is 3.69. The van der Waals surface area contributed by atoms with Crippen LogP contribution in [0.3, 0.4) is 0 Å². The first-order chi connectivity index (χ1) is 15.1. The molecule has 5 rings (SSSR count). The lowest BCUT2D eigenvalue weighted by Gasteiger charge is -2.25. The molecule has 8 heteroatoms. The van der Waals surface area contributed by atoms with E-state index < -0.39 is 5.76 Å². The third kappa shape index (κ3) is 4.37. The zero-order valence-corrected chi connectivity index (χ0v) is 17.1. The standard InChI is InChI=1S/C23H23N5O3/c1-14-12-24-22(26-16-5-8-18(9-6-16)30-13-15-3-2-4-15)28-21(14)25-17-7-10-20-19(11-17)27-23(29)31-20/h5-12,15H,2-4,13H2,1H3,(H,27,29)(H2,24,25,26,28). The highest BCUT2D eigenvalue weighted by Crippen LogP contribution is 2.28. The molecule has 8 nitrogen and oxygen atoms in total. The minimum absolute atomic E-state index is 0.476. The van der Waals surface area contributed by atoms with E-state index in [1.807, 2.05) is 37.3 Å². The van der Waals surface area contributed by atoms with Crippen molar-refractivity contribution in [1.29, 1.82) is 0 Å². The molecule has 0 atom stereocenters. The minimum Gasteiger partial charge on any atom is -0.493 e. The summed E-state index contributed by atoms with van der Waals surface area (Å²) in [6.45, 7) is 2.72. The van der Waals surface area contributed by atoms with Crippen molar-refractivity contribution < 1.29 is 9.15 Å². The molecule has 0 radical (unpaired) electrons. The van der Waals surface area contributed by atoms with Gasteiger partial charge in [-0.05, 0) is 68.1 Å². The molecule has 158 valence electrons. The van der Waals surface area contributed by atoms with E-state index in [9.17, 15) is 4.79 Å². The maximum Gasteiger partial charge on any atom is 0.417 e. The Morgan fingerprint density at radius 1 is 1.13 bits per heavy atom. The van der Waals surface area contributed by atoms with Gasteiger partial charge in [-0.3, -0.25) is 4.98 Å². The van der Waals surface area contributed by atoms with Crippen molar-refractivity contribution in [3.63, 3.8) is 0 Å². The number of oxazole rings is 1. The van der Waals surface area contributed by atoms with Crippen LogP contribution in [-0.2, 0) is 0 Å². The van der Waals surface area contributed by atoms with Gasteiger partial charge in [0.05, 0.1) is 12.1 Å². The molecule has 2 aromatic carbocycles. The Labute approximate surface area is 178 Å². The Balaban J connectivity index is 1.27. The third-order valence-electron chi connectivity index (χ3n) is 5.47. The van der Waals surface area contributed by atoms with Gasteiger partial charge in [-0.2, -0.15) is 4.98 Å². The Morgan fingerprint density at radius 3 is 2.71 bits per heavy atom. The normalized spacial score (nSPS) is 13.7. The first-order valence-corrected chi connectivity index (χ1v) is 10.4. The van der Waals surface area contributed by atoms with Crippen molar-refractivity contribution in [3.05, 3.63) is 64.8 Å². The van der Waals surface area contributed by atoms with Crippen LogP contribution in [0, 0.1) is 12.8 Å². The highest BCUT2D eigenvalue weighted by Gasteiger charge is 2.17. The summed E-state index contributed by atoms with van der Waals surface area (Å²) in [5.74, 6) is 2.25. The smallest absolute Gasteiger partial charge is 0.417 e. The number of anilines is 4. The maximum absolute atomic E-state index is 11.4. The fourth-order valence-corrected chi connectivity index (χ4v) is 3.43. The topological polar surface area (TPSA) is 105 Å². The number of aryl methyl sites for hydroxylation is 1. The Bertz CT molecular complexity index is 1260. The number of benzene rings is 2. The molecule has 1 aliphatic carbocycles. The van der Waals surface area contributed by atoms with Gasteiger partial charge in [0.25, 0.3) is 0 Å². The average Bonchev–Trinajstić information content (AvgIpc) is 3.10. The number of aromatic amines is 1. The second kappa shape index (κ2) is 8.14. The van der Waals surface area contributed by atoms with E-state index >= 15 is 0 Å². The summed E-state index contributed by atoms with van der Waals surface area (Å²) in [4.78, 5) is 23.0. The van der Waals surface area contributed by atoms with Crippen LogP contribution in [0.4, 0.5) is 23.1 Å². The first-order valence-electron chi connectivity index (χ1n) is 10.4. The number of H-pyrrole nitrogens is 1. The van der Waals surface area contributed by atoms with Crippen LogP contribution in [0.2, 0.25) is 0 Å². The molecule has 0 saturated heterocycles. The highest BCUT2D eigenvalue weighted by molar-refractivity contribution is 5.78. The van der Waals surface area contributed by atoms with Crippen LogP contribution < -0.4 is 21.1 Å². The summed E-state index contributed by atoms with van der Waals surface area (Å²) in [5, 5.41) is 6.50. The van der Waals surface area contributed by atoms with E-state index in [-0.39, 0.29) is 0 Å². The van der Waals surface area contributed by atoms with E-state index in [2.05, 4.69) is 25.6 Å². The zero-order chi connectivity index (χ0) is 21.2. The van der Waals surface area contributed by atoms with E-state index in [0.29, 0.717) is 28.8 Å². The number of hydrogen-bond donors (Lipinski definition) is 3. The average molecular weight is 417 g/mol. The second-order valence-electron chi connectivity index (χ2n) is 7.83. The van der Waals surface area contributed by atoms with Crippen molar-refractivity contribution in [2.75, 3.05) is 17.2 Å². The largest absolute Gasteiger partial charge is 0.493 e. The number of aromatic nitrogens is 3. The third-order valence-corrected chi connectivity index (χ3v) is 5.47. The fourth-order valence-electron chi connectivity index (χ4n) is 3.43. The van der Waals surface area contributed by atoms with Crippen LogP contribution in [-0.4, -0.2) is 21.6 Å². The Morgan fingerprint density at radius 2 is 1.94 bits per heavy atom. The monoisotopic (exact) mass is 417 g/mol. The minimum atomic E-state index is -0.476. The fraction of sp³-hybridized carbons (Fsp3) is 0.261. The lowest BCUT2D eigenvalue weighted by Crippen LogP contribution is -2.19. The zero-order valence-electron chi connectivity index (χ0n) is 17.1. The molecule has 1 fully saturated rings. The molecule has 1 saturated carbocycles. The lowest BCUT2D eigenvalue weighted by atomic mass is 9.86. The van der Waals surface area contributed by atoms with Gasteiger partial charge in [-0.1, -0.05) is 6.42 Å². The molecule has 2 aromatic heterocycles. The van der Waals surface area contributed by atoms with E-state index in [1.165, 1.54) is 19.3 Å². The molecular formula is C23H23N5O3. The highest BCUT2D eigenvalue weighted by atomic mass is 16.5. The van der Waals surface area contributed by atoms with Crippen molar-refractivity contribution in [3.8, 4) is 5.75 Å². The van der Waals surface area contributed by atoms with E-state index in [0.717, 1.165) is 29.3 Å². The summed E-state index contributed by atoms with van der Waals surface area (Å²) >= 11 is 0. The Hall–Kier alpha value is -3.81. The van der Waals surface area contributed by atoms with Gasteiger partial charge in [0.1, 0.15) is 11.6 Å². The summed E-state index contributed by atoms with van der Waals surface area (Å²) < 4.78 is 10.9. The van der Waals surface area contributed by atoms with Crippen molar-refractivity contribution in [2.24, 2.45) is 5.92 Å². The van der Waals surface area contributed by atoms with Gasteiger partial charge in [0.15, 0.2) is 5.58 Å². The van der Waals surface area contributed by atoms with Crippen LogP contribution >= 0.6 is 0 Å². The number of fused-ring (bicyclic) bond motifs is 1. The van der Waals surface area contributed by atoms with Gasteiger partial charge in [-0.15, -0.1) is 0 Å². The molecule has 2 heterocycles. The van der Waals surface area contributed by atoms with Crippen LogP contribution in [0.1, 0.15) is 24.8 Å². The molecule has 3 N–H and O–H groups in total. The molecule has 31 heavy (non-hydrogen) atoms. The van der Waals surface area contributed by atoms with E-state index in [4.69, 9.17) is 9.15 Å². The van der Waals surface area contributed by atoms with E-state index in [1.54, 1.807) is 18.3 Å². The molecule has 0 spiro atoms. The molecular weight excluding hydrogens is 394 g/mol. The molecule has 0 bridgehead atoms. The number of rotatable bonds is 7. The molecule has 0 unspecified atom stereocenters. The second-order valence-corrected chi connectivity index (χ2v) is 7.83. The predicted molar refractivity (Wildman–Crippen MR) is 119 cm³/mol. The van der Waals surface area contributed by atoms with Crippen molar-refractivity contribution in [2.45, 2.75) is 26.2 Å². The number of hydrogen-bond acceptors (Lipinski definition) is 7. The summed E-state index contributed by atoms with van der Waals surface area (Å²) in [6, 6.07) is 13.2. The molecule has 4 aromatic rings. The summed E-state index contributed by atoms with van der Waals surface area (Å²) in [7, 11) is 0. The number of nitrogens with one attached hydrogen (secondary N) is 3. The SMILES string of the molecule is Cc1cnc(Nc2ccc(OCC3CCC3)cc2)nc1Nc1ccc2oc(=O)[nH]c2c1. The lowest BCUT2D eigenvalue weighted by molar-refractivity contribution is 0.180. The van der Waals surface area contributed by atoms with Crippen molar-refractivity contribution in [1.82, 2.24) is 15.0 Å². The van der Waals surface area contributed by atoms with Gasteiger partial charge >= 0.3 is 5.76 Å². The first kappa shape index (κ1) is 19.2. The maximum atomic E-state index is 11.4. The molecule has 0 amide bonds. The van der Waals surface area contributed by atoms with Gasteiger partial charge in [-0.25, -0.2) is 9.78 Å². The quantitative estimate of drug-likeness (QED) is 0.393. The van der Waals surface area contributed by atoms with Crippen LogP contribution in [0.5, 0.6) is 5.75 Å². The van der Waals surface area contributed by atoms with Crippen LogP contribution in [0.15, 0.2) is 57.9 Å². The predicted octanol–water partition coefficient (Wildman–Crippen LogP) is 4.89.